The molecule has 1 aromatic carbocycles. The molecule has 1 aliphatic rings. The van der Waals surface area contributed by atoms with Gasteiger partial charge in [-0.1, -0.05) is 25.8 Å². The van der Waals surface area contributed by atoms with Crippen molar-refractivity contribution in [1.29, 1.82) is 0 Å². The summed E-state index contributed by atoms with van der Waals surface area (Å²) in [6, 6.07) is 5.30. The SMILES string of the molecule is C=CCn1c(=S)[nH]c2cc(C(=O)NC3CCCC(C)C3)ccc2c1=O. The first-order valence-electron chi connectivity index (χ1n) is 8.68. The Morgan fingerprint density at radius 1 is 1.48 bits per heavy atom. The highest BCUT2D eigenvalue weighted by Gasteiger charge is 2.21. The summed E-state index contributed by atoms with van der Waals surface area (Å²) in [5.74, 6) is 0.547. The maximum atomic E-state index is 12.6. The summed E-state index contributed by atoms with van der Waals surface area (Å²) >= 11 is 5.24. The number of hydrogen-bond acceptors (Lipinski definition) is 3. The number of nitrogens with zero attached hydrogens (tertiary/aromatic N) is 1. The Morgan fingerprint density at radius 3 is 3.00 bits per heavy atom. The average molecular weight is 357 g/mol. The Bertz CT molecular complexity index is 928. The van der Waals surface area contributed by atoms with Crippen LogP contribution in [0, 0.1) is 10.7 Å². The van der Waals surface area contributed by atoms with Gasteiger partial charge >= 0.3 is 0 Å². The lowest BCUT2D eigenvalue weighted by atomic mass is 9.87. The number of fused-ring (bicyclic) bond motifs is 1. The van der Waals surface area contributed by atoms with Gasteiger partial charge in [0.25, 0.3) is 11.5 Å². The molecule has 1 fully saturated rings. The summed E-state index contributed by atoms with van der Waals surface area (Å²) in [7, 11) is 0. The molecular weight excluding hydrogens is 334 g/mol. The van der Waals surface area contributed by atoms with Crippen molar-refractivity contribution in [1.82, 2.24) is 14.9 Å². The van der Waals surface area contributed by atoms with Crippen molar-refractivity contribution in [2.75, 3.05) is 0 Å². The van der Waals surface area contributed by atoms with Crippen molar-refractivity contribution < 1.29 is 4.79 Å². The molecule has 3 rings (SSSR count). The van der Waals surface area contributed by atoms with Crippen LogP contribution in [0.5, 0.6) is 0 Å². The van der Waals surface area contributed by atoms with Gasteiger partial charge in [-0.2, -0.15) is 0 Å². The molecule has 1 heterocycles. The van der Waals surface area contributed by atoms with Crippen molar-refractivity contribution in [3.63, 3.8) is 0 Å². The standard InChI is InChI=1S/C19H23N3O2S/c1-3-9-22-18(24)15-8-7-13(11-16(15)21-19(22)25)17(23)20-14-6-4-5-12(2)10-14/h3,7-8,11-12,14H,1,4-6,9-10H2,2H3,(H,20,23)(H,21,25). The number of nitrogens with one attached hydrogen (secondary N) is 2. The van der Waals surface area contributed by atoms with E-state index in [1.807, 2.05) is 0 Å². The number of allylic oxidation sites excluding steroid dienone is 1. The van der Waals surface area contributed by atoms with E-state index in [-0.39, 0.29) is 17.5 Å². The van der Waals surface area contributed by atoms with Crippen molar-refractivity contribution in [3.8, 4) is 0 Å². The maximum absolute atomic E-state index is 12.6. The van der Waals surface area contributed by atoms with Crippen LogP contribution in [0.4, 0.5) is 0 Å². The molecule has 0 saturated heterocycles. The van der Waals surface area contributed by atoms with Gasteiger partial charge < -0.3 is 10.3 Å². The zero-order chi connectivity index (χ0) is 18.0. The monoisotopic (exact) mass is 357 g/mol. The topological polar surface area (TPSA) is 66.9 Å². The van der Waals surface area contributed by atoms with E-state index in [0.29, 0.717) is 33.7 Å². The maximum Gasteiger partial charge on any atom is 0.262 e. The van der Waals surface area contributed by atoms with E-state index in [4.69, 9.17) is 12.2 Å². The summed E-state index contributed by atoms with van der Waals surface area (Å²) in [4.78, 5) is 28.1. The highest BCUT2D eigenvalue weighted by molar-refractivity contribution is 7.71. The van der Waals surface area contributed by atoms with Gasteiger partial charge in [0.05, 0.1) is 10.9 Å². The van der Waals surface area contributed by atoms with Crippen molar-refractivity contribution >= 4 is 29.0 Å². The smallest absolute Gasteiger partial charge is 0.262 e. The molecule has 6 heteroatoms. The molecule has 0 aliphatic heterocycles. The number of benzene rings is 1. The summed E-state index contributed by atoms with van der Waals surface area (Å²) in [6.07, 6.45) is 6.06. The molecule has 1 amide bonds. The van der Waals surface area contributed by atoms with Crippen LogP contribution in [0.1, 0.15) is 43.0 Å². The van der Waals surface area contributed by atoms with Crippen LogP contribution in [-0.4, -0.2) is 21.5 Å². The zero-order valence-electron chi connectivity index (χ0n) is 14.4. The third-order valence-electron chi connectivity index (χ3n) is 4.83. The first kappa shape index (κ1) is 17.6. The number of amides is 1. The first-order chi connectivity index (χ1) is 12.0. The molecule has 0 spiro atoms. The molecule has 25 heavy (non-hydrogen) atoms. The van der Waals surface area contributed by atoms with Gasteiger partial charge in [0.1, 0.15) is 0 Å². The highest BCUT2D eigenvalue weighted by atomic mass is 32.1. The van der Waals surface area contributed by atoms with E-state index in [0.717, 1.165) is 19.3 Å². The van der Waals surface area contributed by atoms with Crippen molar-refractivity contribution in [2.45, 2.75) is 45.2 Å². The molecule has 2 N–H and O–H groups in total. The third-order valence-corrected chi connectivity index (χ3v) is 5.15. The number of H-pyrrole nitrogens is 1. The van der Waals surface area contributed by atoms with Gasteiger partial charge in [-0.15, -0.1) is 6.58 Å². The number of aromatic amines is 1. The summed E-state index contributed by atoms with van der Waals surface area (Å²) in [5, 5.41) is 3.63. The van der Waals surface area contributed by atoms with E-state index in [9.17, 15) is 9.59 Å². The minimum Gasteiger partial charge on any atom is -0.349 e. The Balaban J connectivity index is 1.89. The van der Waals surface area contributed by atoms with E-state index >= 15 is 0 Å². The molecule has 2 unspecified atom stereocenters. The largest absolute Gasteiger partial charge is 0.349 e. The molecule has 2 atom stereocenters. The fourth-order valence-corrected chi connectivity index (χ4v) is 3.79. The van der Waals surface area contributed by atoms with Gasteiger partial charge in [0.15, 0.2) is 4.77 Å². The first-order valence-corrected chi connectivity index (χ1v) is 9.09. The normalized spacial score (nSPS) is 20.4. The number of hydrogen-bond donors (Lipinski definition) is 2. The lowest BCUT2D eigenvalue weighted by Gasteiger charge is -2.27. The Hall–Kier alpha value is -2.21. The summed E-state index contributed by atoms with van der Waals surface area (Å²) in [6.45, 7) is 6.22. The molecule has 5 nitrogen and oxygen atoms in total. The molecule has 2 aromatic rings. The third kappa shape index (κ3) is 3.74. The number of rotatable bonds is 4. The molecule has 1 saturated carbocycles. The van der Waals surface area contributed by atoms with E-state index < -0.39 is 0 Å². The van der Waals surface area contributed by atoms with Crippen LogP contribution in [0.3, 0.4) is 0 Å². The summed E-state index contributed by atoms with van der Waals surface area (Å²) < 4.78 is 1.78. The van der Waals surface area contributed by atoms with Gasteiger partial charge in [-0.3, -0.25) is 14.2 Å². The highest BCUT2D eigenvalue weighted by Crippen LogP contribution is 2.23. The number of carbonyl (C=O) groups is 1. The molecule has 0 radical (unpaired) electrons. The van der Waals surface area contributed by atoms with Crippen LogP contribution < -0.4 is 10.9 Å². The Kier molecular flexibility index (Phi) is 5.18. The van der Waals surface area contributed by atoms with E-state index in [2.05, 4.69) is 23.8 Å². The van der Waals surface area contributed by atoms with E-state index in [1.165, 1.54) is 11.0 Å². The second kappa shape index (κ2) is 7.35. The van der Waals surface area contributed by atoms with Gasteiger partial charge in [0, 0.05) is 18.2 Å². The van der Waals surface area contributed by atoms with Crippen LogP contribution in [0.25, 0.3) is 10.9 Å². The predicted molar refractivity (Wildman–Crippen MR) is 102 cm³/mol. The van der Waals surface area contributed by atoms with Gasteiger partial charge in [0.2, 0.25) is 0 Å². The predicted octanol–water partition coefficient (Wildman–Crippen LogP) is 3.55. The second-order valence-corrected chi connectivity index (χ2v) is 7.22. The molecular formula is C19H23N3O2S. The number of aromatic nitrogens is 2. The Morgan fingerprint density at radius 2 is 2.28 bits per heavy atom. The minimum atomic E-state index is -0.174. The number of carbonyl (C=O) groups excluding carboxylic acids is 1. The second-order valence-electron chi connectivity index (χ2n) is 6.84. The van der Waals surface area contributed by atoms with Crippen molar-refractivity contribution in [2.24, 2.45) is 5.92 Å². The molecule has 132 valence electrons. The zero-order valence-corrected chi connectivity index (χ0v) is 15.2. The van der Waals surface area contributed by atoms with Crippen molar-refractivity contribution in [3.05, 3.63) is 51.5 Å². The fourth-order valence-electron chi connectivity index (χ4n) is 3.52. The fraction of sp³-hybridized carbons (Fsp3) is 0.421. The van der Waals surface area contributed by atoms with Crippen LogP contribution in [-0.2, 0) is 6.54 Å². The summed E-state index contributed by atoms with van der Waals surface area (Å²) in [5.41, 5.74) is 0.948. The van der Waals surface area contributed by atoms with Gasteiger partial charge in [-0.05, 0) is 49.2 Å². The molecule has 0 bridgehead atoms. The van der Waals surface area contributed by atoms with Crippen LogP contribution in [0.15, 0.2) is 35.6 Å². The van der Waals surface area contributed by atoms with Crippen LogP contribution >= 0.6 is 12.2 Å². The quantitative estimate of drug-likeness (QED) is 0.649. The minimum absolute atomic E-state index is 0.101. The molecule has 1 aromatic heterocycles. The average Bonchev–Trinajstić information content (AvgIpc) is 2.58. The lowest BCUT2D eigenvalue weighted by molar-refractivity contribution is 0.0921. The van der Waals surface area contributed by atoms with E-state index in [1.54, 1.807) is 24.3 Å². The lowest BCUT2D eigenvalue weighted by Crippen LogP contribution is -2.38. The van der Waals surface area contributed by atoms with Gasteiger partial charge in [-0.25, -0.2) is 0 Å². The van der Waals surface area contributed by atoms with Crippen LogP contribution in [0.2, 0.25) is 0 Å². The molecule has 1 aliphatic carbocycles. The Labute approximate surface area is 151 Å².